The first-order chi connectivity index (χ1) is 8.54. The molecule has 106 valence electrons. The number of benzene rings is 1. The quantitative estimate of drug-likeness (QED) is 0.570. The number of aromatic hydroxyl groups is 1. The number of alkyl halides is 2. The summed E-state index contributed by atoms with van der Waals surface area (Å²) in [4.78, 5) is 11.4. The van der Waals surface area contributed by atoms with Crippen LogP contribution in [0.5, 0.6) is 5.75 Å². The Kier molecular flexibility index (Phi) is 4.68. The van der Waals surface area contributed by atoms with Crippen molar-refractivity contribution in [3.63, 3.8) is 0 Å². The second-order valence-corrected chi connectivity index (χ2v) is 6.11. The number of carbonyl (C=O) groups is 1. The van der Waals surface area contributed by atoms with Crippen molar-refractivity contribution in [3.05, 3.63) is 27.3 Å². The molecule has 1 aromatic rings. The van der Waals surface area contributed by atoms with Gasteiger partial charge in [0, 0.05) is 5.56 Å². The lowest BCUT2D eigenvalue weighted by atomic mass is 10.2. The van der Waals surface area contributed by atoms with E-state index in [-0.39, 0.29) is 11.3 Å². The van der Waals surface area contributed by atoms with Gasteiger partial charge in [0.25, 0.3) is 5.91 Å². The molecule has 0 radical (unpaired) electrons. The van der Waals surface area contributed by atoms with Crippen molar-refractivity contribution in [3.8, 4) is 5.75 Å². The van der Waals surface area contributed by atoms with Crippen LogP contribution in [-0.4, -0.2) is 35.8 Å². The first-order valence-corrected chi connectivity index (χ1v) is 7.13. The summed E-state index contributed by atoms with van der Waals surface area (Å²) in [5.74, 6) is -1.26. The van der Waals surface area contributed by atoms with Crippen molar-refractivity contribution in [2.75, 3.05) is 6.54 Å². The summed E-state index contributed by atoms with van der Waals surface area (Å²) in [5.41, 5.74) is -0.142. The Labute approximate surface area is 120 Å². The number of amides is 1. The van der Waals surface area contributed by atoms with E-state index in [0.29, 0.717) is 3.57 Å². The third kappa shape index (κ3) is 3.98. The van der Waals surface area contributed by atoms with Gasteiger partial charge in [-0.25, -0.2) is 8.42 Å². The summed E-state index contributed by atoms with van der Waals surface area (Å²) >= 11 is 1.79. The van der Waals surface area contributed by atoms with Crippen molar-refractivity contribution in [1.29, 1.82) is 0 Å². The lowest BCUT2D eigenvalue weighted by molar-refractivity contribution is 0.0692. The molecule has 1 amide bonds. The maximum atomic E-state index is 12.8. The molecule has 19 heavy (non-hydrogen) atoms. The van der Waals surface area contributed by atoms with Gasteiger partial charge in [-0.1, -0.05) is 0 Å². The van der Waals surface area contributed by atoms with Gasteiger partial charge in [-0.2, -0.15) is 8.78 Å². The molecule has 10 heteroatoms. The number of halogens is 3. The third-order valence-corrected chi connectivity index (χ3v) is 3.82. The van der Waals surface area contributed by atoms with Crippen LogP contribution >= 0.6 is 22.6 Å². The van der Waals surface area contributed by atoms with Gasteiger partial charge in [-0.3, -0.25) is 4.79 Å². The molecule has 0 aliphatic rings. The van der Waals surface area contributed by atoms with E-state index < -0.39 is 27.8 Å². The molecule has 0 saturated heterocycles. The van der Waals surface area contributed by atoms with E-state index in [9.17, 15) is 31.7 Å². The predicted octanol–water partition coefficient (Wildman–Crippen LogP) is 0.865. The molecule has 1 aromatic carbocycles. The van der Waals surface area contributed by atoms with Gasteiger partial charge in [0.2, 0.25) is 0 Å². The minimum absolute atomic E-state index is 0.142. The van der Waals surface area contributed by atoms with Crippen molar-refractivity contribution in [2.45, 2.75) is 5.25 Å². The zero-order chi connectivity index (χ0) is 14.8. The maximum absolute atomic E-state index is 12.8. The highest BCUT2D eigenvalue weighted by Gasteiger charge is 2.37. The van der Waals surface area contributed by atoms with Gasteiger partial charge >= 0.3 is 5.25 Å². The summed E-state index contributed by atoms with van der Waals surface area (Å²) in [6.07, 6.45) is 0. The lowest BCUT2D eigenvalue weighted by Crippen LogP contribution is -2.42. The second-order valence-electron chi connectivity index (χ2n) is 3.44. The van der Waals surface area contributed by atoms with Crippen LogP contribution in [0.3, 0.4) is 0 Å². The van der Waals surface area contributed by atoms with Crippen molar-refractivity contribution in [1.82, 2.24) is 5.32 Å². The van der Waals surface area contributed by atoms with Gasteiger partial charge in [0.1, 0.15) is 5.75 Å². The topological polar surface area (TPSA) is 107 Å². The van der Waals surface area contributed by atoms with Crippen LogP contribution in [-0.2, 0) is 10.1 Å². The standard InChI is InChI=1S/C9H8F2INO5S/c10-9(11,19(16,17)18)4-13-8(15)5-1-2-6(12)7(14)3-5/h1-3,14H,4H2,(H,13,15)(H,16,17,18)/p-1. The van der Waals surface area contributed by atoms with Crippen molar-refractivity contribution in [2.24, 2.45) is 0 Å². The molecule has 6 nitrogen and oxygen atoms in total. The molecule has 0 unspecified atom stereocenters. The first kappa shape index (κ1) is 16.0. The molecule has 2 N–H and O–H groups in total. The highest BCUT2D eigenvalue weighted by molar-refractivity contribution is 14.1. The molecule has 1 rings (SSSR count). The Balaban J connectivity index is 2.79. The number of phenols is 1. The highest BCUT2D eigenvalue weighted by atomic mass is 127. The number of hydrogen-bond donors (Lipinski definition) is 2. The van der Waals surface area contributed by atoms with E-state index in [4.69, 9.17) is 0 Å². The molecular weight excluding hydrogens is 399 g/mol. The van der Waals surface area contributed by atoms with Crippen molar-refractivity contribution < 1.29 is 31.7 Å². The van der Waals surface area contributed by atoms with Crippen LogP contribution in [0.2, 0.25) is 0 Å². The summed E-state index contributed by atoms with van der Waals surface area (Å²) in [5, 5.41) is 6.35. The zero-order valence-corrected chi connectivity index (χ0v) is 12.0. The Bertz CT molecular complexity index is 605. The van der Waals surface area contributed by atoms with Crippen LogP contribution in [0.15, 0.2) is 18.2 Å². The van der Waals surface area contributed by atoms with Gasteiger partial charge in [0.05, 0.1) is 10.1 Å². The molecule has 0 atom stereocenters. The molecule has 0 fully saturated rings. The van der Waals surface area contributed by atoms with E-state index in [1.54, 1.807) is 27.9 Å². The normalized spacial score (nSPS) is 12.2. The smallest absolute Gasteiger partial charge is 0.351 e. The zero-order valence-electron chi connectivity index (χ0n) is 9.06. The molecule has 0 saturated carbocycles. The number of hydrogen-bond acceptors (Lipinski definition) is 5. The number of phenolic OH excluding ortho intramolecular Hbond substituents is 1. The summed E-state index contributed by atoms with van der Waals surface area (Å²) in [6.45, 7) is -1.63. The molecule has 0 spiro atoms. The van der Waals surface area contributed by atoms with E-state index in [2.05, 4.69) is 0 Å². The average Bonchev–Trinajstić information content (AvgIpc) is 2.28. The number of nitrogens with one attached hydrogen (secondary N) is 1. The highest BCUT2D eigenvalue weighted by Crippen LogP contribution is 2.21. The van der Waals surface area contributed by atoms with Crippen LogP contribution in [0, 0.1) is 3.57 Å². The second kappa shape index (κ2) is 5.54. The molecule has 0 aliphatic carbocycles. The van der Waals surface area contributed by atoms with E-state index in [0.717, 1.165) is 6.07 Å². The summed E-state index contributed by atoms with van der Waals surface area (Å²) < 4.78 is 56.6. The Morgan fingerprint density at radius 3 is 2.53 bits per heavy atom. The summed E-state index contributed by atoms with van der Waals surface area (Å²) in [6, 6.07) is 3.65. The Hall–Kier alpha value is -1.01. The summed E-state index contributed by atoms with van der Waals surface area (Å²) in [7, 11) is -5.84. The van der Waals surface area contributed by atoms with Gasteiger partial charge < -0.3 is 15.0 Å². The van der Waals surface area contributed by atoms with Crippen LogP contribution in [0.1, 0.15) is 10.4 Å². The molecule has 0 heterocycles. The fourth-order valence-electron chi connectivity index (χ4n) is 1.03. The number of carbonyl (C=O) groups excluding carboxylic acids is 1. The molecule has 0 aromatic heterocycles. The minimum Gasteiger partial charge on any atom is -0.743 e. The molecule has 0 bridgehead atoms. The third-order valence-electron chi connectivity index (χ3n) is 2.03. The number of rotatable bonds is 4. The van der Waals surface area contributed by atoms with Crippen LogP contribution < -0.4 is 5.32 Å². The van der Waals surface area contributed by atoms with Gasteiger partial charge in [-0.05, 0) is 40.8 Å². The van der Waals surface area contributed by atoms with E-state index >= 15 is 0 Å². The van der Waals surface area contributed by atoms with Crippen LogP contribution in [0.25, 0.3) is 0 Å². The van der Waals surface area contributed by atoms with Gasteiger partial charge in [0.15, 0.2) is 10.1 Å². The largest absolute Gasteiger partial charge is 0.743 e. The Morgan fingerprint density at radius 2 is 2.05 bits per heavy atom. The average molecular weight is 406 g/mol. The monoisotopic (exact) mass is 406 g/mol. The fourth-order valence-corrected chi connectivity index (χ4v) is 1.61. The SMILES string of the molecule is O=C(NCC(F)(F)S(=O)(=O)[O-])c1ccc(I)c(O)c1. The van der Waals surface area contributed by atoms with E-state index in [1.807, 2.05) is 0 Å². The minimum atomic E-state index is -5.84. The lowest BCUT2D eigenvalue weighted by Gasteiger charge is -2.20. The molecule has 0 aliphatic heterocycles. The first-order valence-electron chi connectivity index (χ1n) is 4.64. The van der Waals surface area contributed by atoms with Crippen LogP contribution in [0.4, 0.5) is 8.78 Å². The van der Waals surface area contributed by atoms with Gasteiger partial charge in [-0.15, -0.1) is 0 Å². The molecular formula is C9H7F2INO5S-. The van der Waals surface area contributed by atoms with E-state index in [1.165, 1.54) is 12.1 Å². The predicted molar refractivity (Wildman–Crippen MR) is 67.8 cm³/mol. The maximum Gasteiger partial charge on any atom is 0.351 e. The van der Waals surface area contributed by atoms with Crippen molar-refractivity contribution >= 4 is 38.6 Å². The Morgan fingerprint density at radius 1 is 1.47 bits per heavy atom. The fraction of sp³-hybridized carbons (Fsp3) is 0.222.